The number of carbonyl (C=O) groups excluding carboxylic acids is 1. The van der Waals surface area contributed by atoms with Crippen molar-refractivity contribution in [3.63, 3.8) is 0 Å². The summed E-state index contributed by atoms with van der Waals surface area (Å²) in [6.45, 7) is 0. The number of benzene rings is 2. The van der Waals surface area contributed by atoms with Crippen molar-refractivity contribution in [3.8, 4) is 0 Å². The zero-order valence-electron chi connectivity index (χ0n) is 10.6. The Hall–Kier alpha value is -0.960. The number of halogens is 2. The minimum absolute atomic E-state index is 0.0109. The molecule has 0 heterocycles. The highest BCUT2D eigenvalue weighted by molar-refractivity contribution is 9.12. The zero-order valence-corrected chi connectivity index (χ0v) is 14.6. The number of rotatable bonds is 4. The Morgan fingerprint density at radius 1 is 1.29 bits per heavy atom. The molecule has 3 N–H and O–H groups in total. The molecule has 0 aliphatic heterocycles. The van der Waals surface area contributed by atoms with Gasteiger partial charge < -0.3 is 5.73 Å². The van der Waals surface area contributed by atoms with Gasteiger partial charge in [-0.3, -0.25) is 9.35 Å². The second kappa shape index (κ2) is 6.04. The minimum atomic E-state index is -4.43. The molecule has 0 radical (unpaired) electrons. The highest BCUT2D eigenvalue weighted by atomic mass is 79.9. The standard InChI is InChI=1S/C13H11Br2NO4S/c14-6-9(15)13(17)12-8-4-2-1-3-7(8)11(5-10(12)16)21(18,19)20/h1-5,9H,6,16H2,(H,18,19,20). The lowest BCUT2D eigenvalue weighted by Crippen LogP contribution is -2.18. The van der Waals surface area contributed by atoms with Crippen LogP contribution in [0.25, 0.3) is 10.8 Å². The third-order valence-electron chi connectivity index (χ3n) is 2.98. The zero-order chi connectivity index (χ0) is 15.8. The van der Waals surface area contributed by atoms with Crippen LogP contribution in [0.3, 0.4) is 0 Å². The molecule has 0 aromatic heterocycles. The van der Waals surface area contributed by atoms with Crippen LogP contribution < -0.4 is 5.73 Å². The molecular formula is C13H11Br2NO4S. The predicted octanol–water partition coefficient (Wildman–Crippen LogP) is 3.01. The summed E-state index contributed by atoms with van der Waals surface area (Å²) in [5.74, 6) is -0.262. The third kappa shape index (κ3) is 3.13. The molecule has 5 nitrogen and oxygen atoms in total. The van der Waals surface area contributed by atoms with E-state index < -0.39 is 14.9 Å². The lowest BCUT2D eigenvalue weighted by molar-refractivity contribution is 0.0999. The van der Waals surface area contributed by atoms with Crippen molar-refractivity contribution in [2.24, 2.45) is 0 Å². The van der Waals surface area contributed by atoms with Crippen LogP contribution in [0.15, 0.2) is 35.2 Å². The number of fused-ring (bicyclic) bond motifs is 1. The Morgan fingerprint density at radius 3 is 2.38 bits per heavy atom. The number of alkyl halides is 2. The van der Waals surface area contributed by atoms with Crippen molar-refractivity contribution in [1.29, 1.82) is 0 Å². The monoisotopic (exact) mass is 435 g/mol. The van der Waals surface area contributed by atoms with E-state index in [-0.39, 0.29) is 27.3 Å². The number of hydrogen-bond acceptors (Lipinski definition) is 4. The molecule has 0 fully saturated rings. The van der Waals surface area contributed by atoms with E-state index in [1.807, 2.05) is 0 Å². The highest BCUT2D eigenvalue weighted by Gasteiger charge is 2.24. The molecule has 21 heavy (non-hydrogen) atoms. The summed E-state index contributed by atoms with van der Waals surface area (Å²) >= 11 is 6.44. The van der Waals surface area contributed by atoms with Gasteiger partial charge in [0, 0.05) is 22.0 Å². The van der Waals surface area contributed by atoms with Crippen molar-refractivity contribution in [3.05, 3.63) is 35.9 Å². The Kier molecular flexibility index (Phi) is 4.72. The SMILES string of the molecule is Nc1cc(S(=O)(=O)O)c2ccccc2c1C(=O)C(Br)CBr. The number of anilines is 1. The Morgan fingerprint density at radius 2 is 1.86 bits per heavy atom. The second-order valence-corrected chi connectivity index (χ2v) is 7.49. The largest absolute Gasteiger partial charge is 0.398 e. The van der Waals surface area contributed by atoms with Gasteiger partial charge in [0.05, 0.1) is 4.83 Å². The van der Waals surface area contributed by atoms with Gasteiger partial charge in [0.15, 0.2) is 5.78 Å². The number of ketones is 1. The lowest BCUT2D eigenvalue weighted by atomic mass is 9.98. The van der Waals surface area contributed by atoms with Crippen molar-refractivity contribution < 1.29 is 17.8 Å². The molecule has 0 amide bonds. The summed E-state index contributed by atoms with van der Waals surface area (Å²) in [6.07, 6.45) is 0. The Labute approximate surface area is 138 Å². The van der Waals surface area contributed by atoms with Gasteiger partial charge in [0.2, 0.25) is 0 Å². The van der Waals surface area contributed by atoms with Crippen LogP contribution in [0.5, 0.6) is 0 Å². The quantitative estimate of drug-likeness (QED) is 0.332. The van der Waals surface area contributed by atoms with Gasteiger partial charge in [0.25, 0.3) is 10.1 Å². The van der Waals surface area contributed by atoms with Crippen molar-refractivity contribution in [2.45, 2.75) is 9.72 Å². The van der Waals surface area contributed by atoms with Crippen molar-refractivity contribution >= 4 is 64.2 Å². The normalized spacial score (nSPS) is 13.3. The van der Waals surface area contributed by atoms with Gasteiger partial charge in [0.1, 0.15) is 4.90 Å². The van der Waals surface area contributed by atoms with Crippen LogP contribution in [0.2, 0.25) is 0 Å². The van der Waals surface area contributed by atoms with Crippen molar-refractivity contribution in [2.75, 3.05) is 11.1 Å². The maximum atomic E-state index is 12.4. The number of Topliss-reactive ketones (excluding diaryl/α,β-unsaturated/α-hetero) is 1. The van der Waals surface area contributed by atoms with E-state index in [1.54, 1.807) is 18.2 Å². The number of nitrogens with two attached hydrogens (primary N) is 1. The van der Waals surface area contributed by atoms with Crippen LogP contribution in [0, 0.1) is 0 Å². The van der Waals surface area contributed by atoms with E-state index >= 15 is 0 Å². The molecule has 0 spiro atoms. The van der Waals surface area contributed by atoms with Gasteiger partial charge in [-0.1, -0.05) is 56.1 Å². The van der Waals surface area contributed by atoms with Crippen LogP contribution in [0.4, 0.5) is 5.69 Å². The molecule has 2 aromatic rings. The van der Waals surface area contributed by atoms with E-state index in [9.17, 15) is 17.8 Å². The fourth-order valence-corrected chi connectivity index (χ4v) is 3.33. The number of nitrogen functional groups attached to an aromatic ring is 1. The Balaban J connectivity index is 2.87. The average Bonchev–Trinajstić information content (AvgIpc) is 2.43. The summed E-state index contributed by atoms with van der Waals surface area (Å²) < 4.78 is 32.2. The predicted molar refractivity (Wildman–Crippen MR) is 89.0 cm³/mol. The summed E-state index contributed by atoms with van der Waals surface area (Å²) in [5, 5.41) is 1.03. The summed E-state index contributed by atoms with van der Waals surface area (Å²) in [4.78, 5) is 11.6. The topological polar surface area (TPSA) is 97.5 Å². The maximum Gasteiger partial charge on any atom is 0.295 e. The fourth-order valence-electron chi connectivity index (χ4n) is 2.08. The van der Waals surface area contributed by atoms with Gasteiger partial charge in [-0.05, 0) is 11.5 Å². The van der Waals surface area contributed by atoms with Crippen LogP contribution in [-0.2, 0) is 10.1 Å². The Bertz CT molecular complexity index is 820. The second-order valence-electron chi connectivity index (χ2n) is 4.35. The first-order valence-electron chi connectivity index (χ1n) is 5.80. The highest BCUT2D eigenvalue weighted by Crippen LogP contribution is 2.32. The smallest absolute Gasteiger partial charge is 0.295 e. The average molecular weight is 437 g/mol. The lowest BCUT2D eigenvalue weighted by Gasteiger charge is -2.14. The molecule has 8 heteroatoms. The van der Waals surface area contributed by atoms with Crippen LogP contribution >= 0.6 is 31.9 Å². The minimum Gasteiger partial charge on any atom is -0.398 e. The number of carbonyl (C=O) groups is 1. The first-order chi connectivity index (χ1) is 9.77. The molecule has 0 saturated carbocycles. The van der Waals surface area contributed by atoms with E-state index in [2.05, 4.69) is 31.9 Å². The molecule has 112 valence electrons. The van der Waals surface area contributed by atoms with Gasteiger partial charge in [-0.15, -0.1) is 0 Å². The van der Waals surface area contributed by atoms with Gasteiger partial charge >= 0.3 is 0 Å². The molecule has 0 bridgehead atoms. The van der Waals surface area contributed by atoms with Gasteiger partial charge in [-0.2, -0.15) is 8.42 Å². The molecular weight excluding hydrogens is 426 g/mol. The molecule has 0 saturated heterocycles. The molecule has 1 unspecified atom stereocenters. The van der Waals surface area contributed by atoms with E-state index in [1.165, 1.54) is 6.07 Å². The van der Waals surface area contributed by atoms with E-state index in [0.29, 0.717) is 10.7 Å². The van der Waals surface area contributed by atoms with Gasteiger partial charge in [-0.25, -0.2) is 0 Å². The molecule has 2 aromatic carbocycles. The van der Waals surface area contributed by atoms with E-state index in [0.717, 1.165) is 6.07 Å². The number of hydrogen-bond donors (Lipinski definition) is 2. The van der Waals surface area contributed by atoms with E-state index in [4.69, 9.17) is 5.73 Å². The van der Waals surface area contributed by atoms with Crippen LogP contribution in [-0.4, -0.2) is 28.9 Å². The molecule has 1 atom stereocenters. The molecule has 2 rings (SSSR count). The van der Waals surface area contributed by atoms with Crippen molar-refractivity contribution in [1.82, 2.24) is 0 Å². The summed E-state index contributed by atoms with van der Waals surface area (Å²) in [7, 11) is -4.43. The molecule has 0 aliphatic rings. The summed E-state index contributed by atoms with van der Waals surface area (Å²) in [6, 6.07) is 7.52. The fraction of sp³-hybridized carbons (Fsp3) is 0.154. The van der Waals surface area contributed by atoms with Crippen LogP contribution in [0.1, 0.15) is 10.4 Å². The third-order valence-corrected chi connectivity index (χ3v) is 6.13. The maximum absolute atomic E-state index is 12.4. The molecule has 0 aliphatic carbocycles. The first-order valence-corrected chi connectivity index (χ1v) is 9.28. The first kappa shape index (κ1) is 16.4. The summed E-state index contributed by atoms with van der Waals surface area (Å²) in [5.41, 5.74) is 6.09.